The van der Waals surface area contributed by atoms with Gasteiger partial charge in [-0.2, -0.15) is 0 Å². The predicted octanol–water partition coefficient (Wildman–Crippen LogP) is 3.34. The van der Waals surface area contributed by atoms with E-state index in [4.69, 9.17) is 0 Å². The van der Waals surface area contributed by atoms with Crippen LogP contribution in [0.3, 0.4) is 0 Å². The van der Waals surface area contributed by atoms with E-state index in [1.165, 1.54) is 11.6 Å². The van der Waals surface area contributed by atoms with Crippen molar-refractivity contribution in [1.82, 2.24) is 14.7 Å². The highest BCUT2D eigenvalue weighted by atomic mass is 19.2. The van der Waals surface area contributed by atoms with Gasteiger partial charge in [0.1, 0.15) is 0 Å². The van der Waals surface area contributed by atoms with E-state index in [1.807, 2.05) is 6.07 Å². The number of halogens is 2. The van der Waals surface area contributed by atoms with Crippen LogP contribution in [-0.4, -0.2) is 66.9 Å². The van der Waals surface area contributed by atoms with Gasteiger partial charge >= 0.3 is 0 Å². The van der Waals surface area contributed by atoms with E-state index in [1.54, 1.807) is 4.90 Å². The largest absolute Gasteiger partial charge is 0.336 e. The lowest BCUT2D eigenvalue weighted by Gasteiger charge is -2.51. The number of carbonyl (C=O) groups excluding carboxylic acids is 1. The fourth-order valence-corrected chi connectivity index (χ4v) is 4.67. The van der Waals surface area contributed by atoms with Crippen LogP contribution < -0.4 is 0 Å². The van der Waals surface area contributed by atoms with Crippen LogP contribution >= 0.6 is 0 Å². The molecule has 29 heavy (non-hydrogen) atoms. The first kappa shape index (κ1) is 20.0. The fraction of sp³-hybridized carbons (Fsp3) is 0.435. The minimum absolute atomic E-state index is 0.00904. The highest BCUT2D eigenvalue weighted by Crippen LogP contribution is 2.39. The predicted molar refractivity (Wildman–Crippen MR) is 109 cm³/mol. The van der Waals surface area contributed by atoms with E-state index in [0.29, 0.717) is 13.1 Å². The first-order valence-corrected chi connectivity index (χ1v) is 10.2. The van der Waals surface area contributed by atoms with Crippen molar-refractivity contribution < 1.29 is 13.6 Å². The molecule has 0 unspecified atom stereocenters. The zero-order valence-corrected chi connectivity index (χ0v) is 16.8. The molecule has 0 N–H and O–H groups in total. The van der Waals surface area contributed by atoms with E-state index < -0.39 is 11.6 Å². The van der Waals surface area contributed by atoms with Crippen molar-refractivity contribution in [2.24, 2.45) is 0 Å². The van der Waals surface area contributed by atoms with Crippen LogP contribution in [0.15, 0.2) is 48.5 Å². The molecular weight excluding hydrogens is 372 g/mol. The molecule has 2 aliphatic rings. The molecule has 154 valence electrons. The Bertz CT molecular complexity index is 858. The van der Waals surface area contributed by atoms with Crippen LogP contribution in [-0.2, 0) is 5.54 Å². The summed E-state index contributed by atoms with van der Waals surface area (Å²) >= 11 is 0. The van der Waals surface area contributed by atoms with Crippen LogP contribution in [0.5, 0.6) is 0 Å². The lowest BCUT2D eigenvalue weighted by atomic mass is 9.79. The van der Waals surface area contributed by atoms with Crippen molar-refractivity contribution in [1.29, 1.82) is 0 Å². The van der Waals surface area contributed by atoms with Crippen molar-refractivity contribution in [3.63, 3.8) is 0 Å². The standard InChI is InChI=1S/C23H27F2N3O/c1-26-11-9-23(10-12-26,19-5-3-2-4-6-19)28-15-13-27(14-16-28)22(29)18-7-8-20(24)21(25)17-18/h2-8,17H,9-16H2,1H3. The molecule has 2 heterocycles. The summed E-state index contributed by atoms with van der Waals surface area (Å²) in [6, 6.07) is 14.0. The highest BCUT2D eigenvalue weighted by Gasteiger charge is 2.42. The molecule has 2 fully saturated rings. The third kappa shape index (κ3) is 3.91. The zero-order valence-electron chi connectivity index (χ0n) is 16.8. The fourth-order valence-electron chi connectivity index (χ4n) is 4.67. The maximum absolute atomic E-state index is 13.5. The molecule has 0 bridgehead atoms. The van der Waals surface area contributed by atoms with Crippen LogP contribution in [0.1, 0.15) is 28.8 Å². The van der Waals surface area contributed by atoms with Crippen LogP contribution in [0, 0.1) is 11.6 Å². The Morgan fingerprint density at radius 1 is 0.862 bits per heavy atom. The second-order valence-electron chi connectivity index (χ2n) is 8.11. The maximum Gasteiger partial charge on any atom is 0.254 e. The number of carbonyl (C=O) groups is 1. The van der Waals surface area contributed by atoms with E-state index in [0.717, 1.165) is 51.2 Å². The van der Waals surface area contributed by atoms with E-state index in [2.05, 4.69) is 41.1 Å². The van der Waals surface area contributed by atoms with Gasteiger partial charge in [-0.05, 0) is 56.7 Å². The minimum atomic E-state index is -0.983. The lowest BCUT2D eigenvalue weighted by Crippen LogP contribution is -2.59. The summed E-state index contributed by atoms with van der Waals surface area (Å²) in [5, 5.41) is 0. The Balaban J connectivity index is 1.49. The Hall–Kier alpha value is -2.31. The number of piperazine rings is 1. The first-order valence-electron chi connectivity index (χ1n) is 10.2. The second kappa shape index (κ2) is 8.20. The summed E-state index contributed by atoms with van der Waals surface area (Å²) in [5.74, 6) is -2.15. The van der Waals surface area contributed by atoms with Gasteiger partial charge in [0.2, 0.25) is 0 Å². The molecule has 6 heteroatoms. The van der Waals surface area contributed by atoms with Gasteiger partial charge in [-0.1, -0.05) is 30.3 Å². The topological polar surface area (TPSA) is 26.8 Å². The molecule has 0 aromatic heterocycles. The van der Waals surface area contributed by atoms with Gasteiger partial charge in [-0.25, -0.2) is 8.78 Å². The number of piperidine rings is 1. The smallest absolute Gasteiger partial charge is 0.254 e. The van der Waals surface area contributed by atoms with Gasteiger partial charge in [0, 0.05) is 37.3 Å². The van der Waals surface area contributed by atoms with Crippen molar-refractivity contribution in [3.05, 3.63) is 71.3 Å². The number of rotatable bonds is 3. The summed E-state index contributed by atoms with van der Waals surface area (Å²) in [6.45, 7) is 4.80. The quantitative estimate of drug-likeness (QED) is 0.792. The van der Waals surface area contributed by atoms with Gasteiger partial charge in [0.25, 0.3) is 5.91 Å². The third-order valence-electron chi connectivity index (χ3n) is 6.46. The second-order valence-corrected chi connectivity index (χ2v) is 8.11. The molecule has 1 amide bonds. The molecule has 0 radical (unpaired) electrons. The summed E-state index contributed by atoms with van der Waals surface area (Å²) in [7, 11) is 2.16. The van der Waals surface area contributed by atoms with Crippen molar-refractivity contribution in [2.75, 3.05) is 46.3 Å². The van der Waals surface area contributed by atoms with E-state index >= 15 is 0 Å². The molecule has 4 rings (SSSR count). The average Bonchev–Trinajstić information content (AvgIpc) is 2.77. The zero-order chi connectivity index (χ0) is 20.4. The van der Waals surface area contributed by atoms with Gasteiger partial charge in [0.15, 0.2) is 11.6 Å². The molecule has 4 nitrogen and oxygen atoms in total. The molecule has 2 aromatic carbocycles. The normalized spacial score (nSPS) is 20.6. The minimum Gasteiger partial charge on any atom is -0.336 e. The van der Waals surface area contributed by atoms with Gasteiger partial charge in [0.05, 0.1) is 0 Å². The monoisotopic (exact) mass is 399 g/mol. The highest BCUT2D eigenvalue weighted by molar-refractivity contribution is 5.94. The van der Waals surface area contributed by atoms with Crippen molar-refractivity contribution in [2.45, 2.75) is 18.4 Å². The van der Waals surface area contributed by atoms with Gasteiger partial charge in [-0.15, -0.1) is 0 Å². The molecular formula is C23H27F2N3O. The Morgan fingerprint density at radius 2 is 1.52 bits per heavy atom. The number of benzene rings is 2. The number of hydrogen-bond donors (Lipinski definition) is 0. The Labute approximate surface area is 170 Å². The number of nitrogens with zero attached hydrogens (tertiary/aromatic N) is 3. The lowest BCUT2D eigenvalue weighted by molar-refractivity contribution is -0.00753. The van der Waals surface area contributed by atoms with Crippen LogP contribution in [0.25, 0.3) is 0 Å². The molecule has 2 saturated heterocycles. The molecule has 0 saturated carbocycles. The Morgan fingerprint density at radius 3 is 2.14 bits per heavy atom. The molecule has 2 aliphatic heterocycles. The van der Waals surface area contributed by atoms with E-state index in [-0.39, 0.29) is 17.0 Å². The third-order valence-corrected chi connectivity index (χ3v) is 6.46. The van der Waals surface area contributed by atoms with E-state index in [9.17, 15) is 13.6 Å². The first-order chi connectivity index (χ1) is 14.0. The molecule has 2 aromatic rings. The number of hydrogen-bond acceptors (Lipinski definition) is 3. The Kier molecular flexibility index (Phi) is 5.65. The molecule has 0 atom stereocenters. The van der Waals surface area contributed by atoms with Gasteiger partial charge < -0.3 is 9.80 Å². The van der Waals surface area contributed by atoms with Gasteiger partial charge in [-0.3, -0.25) is 9.69 Å². The summed E-state index contributed by atoms with van der Waals surface area (Å²) in [4.78, 5) is 19.4. The number of amides is 1. The summed E-state index contributed by atoms with van der Waals surface area (Å²) < 4.78 is 26.7. The van der Waals surface area contributed by atoms with Crippen molar-refractivity contribution in [3.8, 4) is 0 Å². The maximum atomic E-state index is 13.5. The molecule has 0 spiro atoms. The summed E-state index contributed by atoms with van der Waals surface area (Å²) in [5.41, 5.74) is 1.54. The van der Waals surface area contributed by atoms with Crippen molar-refractivity contribution >= 4 is 5.91 Å². The number of likely N-dealkylation sites (tertiary alicyclic amines) is 1. The van der Waals surface area contributed by atoms with Crippen LogP contribution in [0.2, 0.25) is 0 Å². The molecule has 0 aliphatic carbocycles. The average molecular weight is 399 g/mol. The van der Waals surface area contributed by atoms with Crippen LogP contribution in [0.4, 0.5) is 8.78 Å². The summed E-state index contributed by atoms with van der Waals surface area (Å²) in [6.07, 6.45) is 2.12. The SMILES string of the molecule is CN1CCC(c2ccccc2)(N2CCN(C(=O)c3ccc(F)c(F)c3)CC2)CC1.